The monoisotopic (exact) mass is 180 g/mol. The highest BCUT2D eigenvalue weighted by Gasteiger charge is 2.22. The molecule has 3 heteroatoms. The Balaban J connectivity index is 2.25. The highest BCUT2D eigenvalue weighted by Crippen LogP contribution is 2.31. The van der Waals surface area contributed by atoms with Gasteiger partial charge in [-0.25, -0.2) is 0 Å². The molecule has 13 heavy (non-hydrogen) atoms. The van der Waals surface area contributed by atoms with Crippen molar-refractivity contribution in [1.29, 1.82) is 0 Å². The number of rotatable bonds is 2. The van der Waals surface area contributed by atoms with Gasteiger partial charge in [0.2, 0.25) is 0 Å². The first-order chi connectivity index (χ1) is 6.33. The van der Waals surface area contributed by atoms with Gasteiger partial charge in [-0.3, -0.25) is 0 Å². The van der Waals surface area contributed by atoms with Gasteiger partial charge < -0.3 is 14.6 Å². The summed E-state index contributed by atoms with van der Waals surface area (Å²) in [6, 6.07) is 5.69. The van der Waals surface area contributed by atoms with Crippen LogP contribution < -0.4 is 9.47 Å². The van der Waals surface area contributed by atoms with Gasteiger partial charge in [0.25, 0.3) is 0 Å². The molecule has 1 aromatic rings. The maximum absolute atomic E-state index is 8.91. The quantitative estimate of drug-likeness (QED) is 0.737. The Morgan fingerprint density at radius 1 is 1.62 bits per heavy atom. The number of hydrogen-bond donors (Lipinski definition) is 1. The van der Waals surface area contributed by atoms with Crippen molar-refractivity contribution < 1.29 is 14.6 Å². The number of ether oxygens (including phenoxy) is 2. The molecule has 0 fully saturated rings. The summed E-state index contributed by atoms with van der Waals surface area (Å²) in [4.78, 5) is 0. The molecular formula is C10H12O3. The van der Waals surface area contributed by atoms with Crippen molar-refractivity contribution in [3.63, 3.8) is 0 Å². The molecule has 0 amide bonds. The van der Waals surface area contributed by atoms with Crippen molar-refractivity contribution in [3.8, 4) is 11.5 Å². The lowest BCUT2D eigenvalue weighted by Gasteiger charge is -2.05. The van der Waals surface area contributed by atoms with E-state index in [-0.39, 0.29) is 12.7 Å². The van der Waals surface area contributed by atoms with E-state index in [1.54, 1.807) is 7.11 Å². The first-order valence-electron chi connectivity index (χ1n) is 4.28. The Kier molecular flexibility index (Phi) is 2.10. The average Bonchev–Trinajstić information content (AvgIpc) is 2.58. The lowest BCUT2D eigenvalue weighted by atomic mass is 10.1. The van der Waals surface area contributed by atoms with Gasteiger partial charge in [0, 0.05) is 12.0 Å². The summed E-state index contributed by atoms with van der Waals surface area (Å²) in [6.07, 6.45) is 0.686. The van der Waals surface area contributed by atoms with E-state index in [0.717, 1.165) is 23.5 Å². The van der Waals surface area contributed by atoms with Crippen LogP contribution in [0, 0.1) is 0 Å². The Hall–Kier alpha value is -1.22. The topological polar surface area (TPSA) is 38.7 Å². The van der Waals surface area contributed by atoms with E-state index in [1.165, 1.54) is 0 Å². The lowest BCUT2D eigenvalue weighted by molar-refractivity contribution is 0.134. The summed E-state index contributed by atoms with van der Waals surface area (Å²) in [5, 5.41) is 8.91. The number of aliphatic hydroxyl groups is 1. The van der Waals surface area contributed by atoms with Crippen molar-refractivity contribution in [2.24, 2.45) is 0 Å². The third-order valence-electron chi connectivity index (χ3n) is 2.21. The van der Waals surface area contributed by atoms with Crippen LogP contribution in [-0.2, 0) is 6.42 Å². The predicted molar refractivity (Wildman–Crippen MR) is 48.2 cm³/mol. The molecule has 1 aromatic carbocycles. The van der Waals surface area contributed by atoms with Crippen LogP contribution in [0.4, 0.5) is 0 Å². The minimum absolute atomic E-state index is 0.0665. The number of aliphatic hydroxyl groups excluding tert-OH is 1. The van der Waals surface area contributed by atoms with Gasteiger partial charge in [0.05, 0.1) is 13.7 Å². The summed E-state index contributed by atoms with van der Waals surface area (Å²) in [7, 11) is 1.64. The van der Waals surface area contributed by atoms with Crippen molar-refractivity contribution in [2.45, 2.75) is 12.5 Å². The van der Waals surface area contributed by atoms with Crippen LogP contribution in [0.15, 0.2) is 18.2 Å². The third kappa shape index (κ3) is 1.47. The molecule has 0 saturated heterocycles. The number of fused-ring (bicyclic) bond motifs is 1. The van der Waals surface area contributed by atoms with E-state index >= 15 is 0 Å². The number of benzene rings is 1. The van der Waals surface area contributed by atoms with Crippen molar-refractivity contribution in [1.82, 2.24) is 0 Å². The molecule has 1 atom stereocenters. The maximum atomic E-state index is 8.91. The molecule has 1 aliphatic rings. The largest absolute Gasteiger partial charge is 0.497 e. The summed E-state index contributed by atoms with van der Waals surface area (Å²) >= 11 is 0. The summed E-state index contributed by atoms with van der Waals surface area (Å²) in [5.74, 6) is 1.70. The maximum Gasteiger partial charge on any atom is 0.126 e. The minimum Gasteiger partial charge on any atom is -0.497 e. The van der Waals surface area contributed by atoms with E-state index in [4.69, 9.17) is 14.6 Å². The molecule has 0 unspecified atom stereocenters. The molecule has 1 aliphatic heterocycles. The van der Waals surface area contributed by atoms with E-state index in [1.807, 2.05) is 18.2 Å². The smallest absolute Gasteiger partial charge is 0.126 e. The summed E-state index contributed by atoms with van der Waals surface area (Å²) < 4.78 is 10.5. The van der Waals surface area contributed by atoms with Crippen LogP contribution >= 0.6 is 0 Å². The number of hydrogen-bond acceptors (Lipinski definition) is 3. The second-order valence-electron chi connectivity index (χ2n) is 3.10. The normalized spacial score (nSPS) is 19.4. The Labute approximate surface area is 76.9 Å². The van der Waals surface area contributed by atoms with Gasteiger partial charge >= 0.3 is 0 Å². The fourth-order valence-corrected chi connectivity index (χ4v) is 1.53. The first-order valence-corrected chi connectivity index (χ1v) is 4.28. The van der Waals surface area contributed by atoms with Crippen LogP contribution in [0.1, 0.15) is 5.56 Å². The fraction of sp³-hybridized carbons (Fsp3) is 0.400. The predicted octanol–water partition coefficient (Wildman–Crippen LogP) is 0.991. The van der Waals surface area contributed by atoms with Crippen molar-refractivity contribution in [2.75, 3.05) is 13.7 Å². The van der Waals surface area contributed by atoms with E-state index in [0.29, 0.717) is 0 Å². The van der Waals surface area contributed by atoms with Gasteiger partial charge in [0.1, 0.15) is 17.6 Å². The van der Waals surface area contributed by atoms with E-state index < -0.39 is 0 Å². The standard InChI is InChI=1S/C10H12O3/c1-12-8-2-3-10-7(4-8)5-9(6-11)13-10/h2-4,9,11H,5-6H2,1H3/t9-/m1/s1. The molecule has 1 N–H and O–H groups in total. The van der Waals surface area contributed by atoms with E-state index in [9.17, 15) is 0 Å². The van der Waals surface area contributed by atoms with E-state index in [2.05, 4.69) is 0 Å². The molecule has 0 aliphatic carbocycles. The lowest BCUT2D eigenvalue weighted by Crippen LogP contribution is -2.17. The third-order valence-corrected chi connectivity index (χ3v) is 2.21. The molecule has 3 nitrogen and oxygen atoms in total. The first kappa shape index (κ1) is 8.38. The van der Waals surface area contributed by atoms with Crippen LogP contribution in [0.3, 0.4) is 0 Å². The highest BCUT2D eigenvalue weighted by atomic mass is 16.5. The average molecular weight is 180 g/mol. The number of methoxy groups -OCH3 is 1. The van der Waals surface area contributed by atoms with Crippen molar-refractivity contribution >= 4 is 0 Å². The molecule has 0 spiro atoms. The Bertz CT molecular complexity index is 309. The van der Waals surface area contributed by atoms with Gasteiger partial charge in [0.15, 0.2) is 0 Å². The molecule has 0 aromatic heterocycles. The zero-order valence-corrected chi connectivity index (χ0v) is 7.49. The second kappa shape index (κ2) is 3.26. The molecule has 0 radical (unpaired) electrons. The summed E-state index contributed by atoms with van der Waals surface area (Å²) in [5.41, 5.74) is 1.11. The van der Waals surface area contributed by atoms with Crippen molar-refractivity contribution in [3.05, 3.63) is 23.8 Å². The molecule has 70 valence electrons. The Morgan fingerprint density at radius 2 is 2.46 bits per heavy atom. The minimum atomic E-state index is -0.0814. The van der Waals surface area contributed by atoms with Crippen LogP contribution in [0.2, 0.25) is 0 Å². The van der Waals surface area contributed by atoms with Crippen LogP contribution in [0.5, 0.6) is 11.5 Å². The highest BCUT2D eigenvalue weighted by molar-refractivity contribution is 5.43. The van der Waals surface area contributed by atoms with Crippen LogP contribution in [-0.4, -0.2) is 24.9 Å². The molecular weight excluding hydrogens is 168 g/mol. The van der Waals surface area contributed by atoms with Gasteiger partial charge in [-0.15, -0.1) is 0 Å². The second-order valence-corrected chi connectivity index (χ2v) is 3.10. The zero-order valence-electron chi connectivity index (χ0n) is 7.49. The summed E-state index contributed by atoms with van der Waals surface area (Å²) in [6.45, 7) is 0.0665. The molecule has 0 saturated carbocycles. The molecule has 1 heterocycles. The SMILES string of the molecule is COc1ccc2c(c1)C[C@H](CO)O2. The van der Waals surface area contributed by atoms with Crippen LogP contribution in [0.25, 0.3) is 0 Å². The van der Waals surface area contributed by atoms with Gasteiger partial charge in [-0.1, -0.05) is 0 Å². The Morgan fingerprint density at radius 3 is 3.15 bits per heavy atom. The van der Waals surface area contributed by atoms with Gasteiger partial charge in [-0.2, -0.15) is 0 Å². The van der Waals surface area contributed by atoms with Gasteiger partial charge in [-0.05, 0) is 18.2 Å². The molecule has 2 rings (SSSR count). The zero-order chi connectivity index (χ0) is 9.26. The molecule has 0 bridgehead atoms. The fourth-order valence-electron chi connectivity index (χ4n) is 1.53.